The molecule has 0 saturated carbocycles. The molecular formula is C11H9N5. The summed E-state index contributed by atoms with van der Waals surface area (Å²) in [5.41, 5.74) is 0.952. The molecule has 78 valence electrons. The largest absolute Gasteiger partial charge is 0.264 e. The fourth-order valence-electron chi connectivity index (χ4n) is 1.62. The van der Waals surface area contributed by atoms with Crippen molar-refractivity contribution in [1.29, 1.82) is 0 Å². The molecule has 0 aliphatic heterocycles. The zero-order valence-electron chi connectivity index (χ0n) is 8.70. The van der Waals surface area contributed by atoms with Crippen molar-refractivity contribution in [3.63, 3.8) is 0 Å². The van der Waals surface area contributed by atoms with E-state index in [-0.39, 0.29) is 0 Å². The number of nitrogens with zero attached hydrogens (tertiary/aromatic N) is 5. The summed E-state index contributed by atoms with van der Waals surface area (Å²) in [6.45, 7) is 0. The SMILES string of the molecule is Cn1nnc(-c2ccc3ccncc3c2)n1. The number of aromatic nitrogens is 5. The molecule has 0 atom stereocenters. The minimum Gasteiger partial charge on any atom is -0.264 e. The predicted octanol–water partition coefficient (Wildman–Crippen LogP) is 1.43. The maximum Gasteiger partial charge on any atom is 0.204 e. The molecule has 2 heterocycles. The number of rotatable bonds is 1. The van der Waals surface area contributed by atoms with Crippen LogP contribution in [0, 0.1) is 0 Å². The molecule has 0 saturated heterocycles. The number of hydrogen-bond donors (Lipinski definition) is 0. The molecule has 0 spiro atoms. The standard InChI is InChI=1S/C11H9N5/c1-16-14-11(13-15-16)9-3-2-8-4-5-12-7-10(8)6-9/h2-7H,1H3. The second kappa shape index (κ2) is 3.37. The fourth-order valence-corrected chi connectivity index (χ4v) is 1.62. The van der Waals surface area contributed by atoms with Crippen molar-refractivity contribution in [2.75, 3.05) is 0 Å². The molecule has 0 N–H and O–H groups in total. The van der Waals surface area contributed by atoms with Gasteiger partial charge in [0.05, 0.1) is 7.05 Å². The van der Waals surface area contributed by atoms with E-state index in [1.54, 1.807) is 13.2 Å². The zero-order valence-corrected chi connectivity index (χ0v) is 8.70. The van der Waals surface area contributed by atoms with Gasteiger partial charge in [0.15, 0.2) is 0 Å². The maximum atomic E-state index is 4.16. The van der Waals surface area contributed by atoms with Gasteiger partial charge < -0.3 is 0 Å². The van der Waals surface area contributed by atoms with Gasteiger partial charge in [-0.3, -0.25) is 4.98 Å². The first-order valence-corrected chi connectivity index (χ1v) is 4.91. The van der Waals surface area contributed by atoms with E-state index in [0.29, 0.717) is 5.82 Å². The molecule has 0 radical (unpaired) electrons. The van der Waals surface area contributed by atoms with Gasteiger partial charge in [-0.15, -0.1) is 10.2 Å². The normalized spacial score (nSPS) is 10.8. The van der Waals surface area contributed by atoms with Crippen molar-refractivity contribution < 1.29 is 0 Å². The minimum atomic E-state index is 0.633. The van der Waals surface area contributed by atoms with Crippen molar-refractivity contribution >= 4 is 10.8 Å². The number of pyridine rings is 1. The van der Waals surface area contributed by atoms with Crippen molar-refractivity contribution in [1.82, 2.24) is 25.2 Å². The molecule has 0 aliphatic rings. The smallest absolute Gasteiger partial charge is 0.204 e. The fraction of sp³-hybridized carbons (Fsp3) is 0.0909. The van der Waals surface area contributed by atoms with Crippen LogP contribution in [0.4, 0.5) is 0 Å². The molecule has 16 heavy (non-hydrogen) atoms. The molecule has 2 aromatic heterocycles. The third kappa shape index (κ3) is 1.42. The van der Waals surface area contributed by atoms with E-state index in [1.165, 1.54) is 4.80 Å². The molecule has 1 aromatic carbocycles. The minimum absolute atomic E-state index is 0.633. The monoisotopic (exact) mass is 211 g/mol. The number of aryl methyl sites for hydroxylation is 1. The first-order valence-electron chi connectivity index (χ1n) is 4.91. The van der Waals surface area contributed by atoms with Gasteiger partial charge in [0.2, 0.25) is 5.82 Å². The molecule has 5 nitrogen and oxygen atoms in total. The highest BCUT2D eigenvalue weighted by molar-refractivity contribution is 5.85. The Hall–Kier alpha value is -2.30. The topological polar surface area (TPSA) is 56.5 Å². The lowest BCUT2D eigenvalue weighted by molar-refractivity contribution is 0.630. The molecule has 0 bridgehead atoms. The van der Waals surface area contributed by atoms with Gasteiger partial charge in [-0.05, 0) is 22.7 Å². The van der Waals surface area contributed by atoms with E-state index in [0.717, 1.165) is 16.3 Å². The molecule has 0 aliphatic carbocycles. The van der Waals surface area contributed by atoms with Crippen molar-refractivity contribution in [3.8, 4) is 11.4 Å². The predicted molar refractivity (Wildman–Crippen MR) is 59.5 cm³/mol. The Morgan fingerprint density at radius 2 is 2.06 bits per heavy atom. The summed E-state index contributed by atoms with van der Waals surface area (Å²) in [5.74, 6) is 0.633. The average Bonchev–Trinajstić information content (AvgIpc) is 2.75. The Balaban J connectivity index is 2.18. The van der Waals surface area contributed by atoms with E-state index < -0.39 is 0 Å². The molecule has 0 amide bonds. The van der Waals surface area contributed by atoms with Crippen LogP contribution in [-0.4, -0.2) is 25.2 Å². The van der Waals surface area contributed by atoms with Gasteiger partial charge in [-0.2, -0.15) is 4.80 Å². The van der Waals surface area contributed by atoms with E-state index in [1.807, 2.05) is 30.5 Å². The highest BCUT2D eigenvalue weighted by atomic mass is 15.6. The van der Waals surface area contributed by atoms with Crippen molar-refractivity contribution in [2.24, 2.45) is 7.05 Å². The van der Waals surface area contributed by atoms with E-state index in [2.05, 4.69) is 20.4 Å². The first-order chi connectivity index (χ1) is 7.83. The maximum absolute atomic E-state index is 4.16. The van der Waals surface area contributed by atoms with E-state index >= 15 is 0 Å². The summed E-state index contributed by atoms with van der Waals surface area (Å²) in [7, 11) is 1.75. The Bertz CT molecular complexity index is 643. The summed E-state index contributed by atoms with van der Waals surface area (Å²) in [5, 5.41) is 14.2. The lowest BCUT2D eigenvalue weighted by Gasteiger charge is -1.98. The summed E-state index contributed by atoms with van der Waals surface area (Å²) >= 11 is 0. The van der Waals surface area contributed by atoms with Crippen LogP contribution in [0.15, 0.2) is 36.7 Å². The molecular weight excluding hydrogens is 202 g/mol. The Labute approximate surface area is 91.7 Å². The van der Waals surface area contributed by atoms with Crippen LogP contribution in [-0.2, 0) is 7.05 Å². The average molecular weight is 211 g/mol. The van der Waals surface area contributed by atoms with Crippen LogP contribution in [0.3, 0.4) is 0 Å². The molecule has 0 unspecified atom stereocenters. The van der Waals surface area contributed by atoms with Crippen LogP contribution in [0.1, 0.15) is 0 Å². The summed E-state index contributed by atoms with van der Waals surface area (Å²) in [6, 6.07) is 8.00. The summed E-state index contributed by atoms with van der Waals surface area (Å²) < 4.78 is 0. The van der Waals surface area contributed by atoms with Gasteiger partial charge in [0, 0.05) is 23.3 Å². The lowest BCUT2D eigenvalue weighted by atomic mass is 10.1. The Kier molecular flexibility index (Phi) is 1.89. The first kappa shape index (κ1) is 8.96. The van der Waals surface area contributed by atoms with Gasteiger partial charge in [-0.25, -0.2) is 0 Å². The van der Waals surface area contributed by atoms with Gasteiger partial charge in [0.25, 0.3) is 0 Å². The van der Waals surface area contributed by atoms with Gasteiger partial charge in [-0.1, -0.05) is 12.1 Å². The third-order valence-electron chi connectivity index (χ3n) is 2.41. The quantitative estimate of drug-likeness (QED) is 0.611. The van der Waals surface area contributed by atoms with Crippen molar-refractivity contribution in [3.05, 3.63) is 36.7 Å². The van der Waals surface area contributed by atoms with Gasteiger partial charge >= 0.3 is 0 Å². The van der Waals surface area contributed by atoms with Crippen LogP contribution < -0.4 is 0 Å². The second-order valence-electron chi connectivity index (χ2n) is 3.54. The van der Waals surface area contributed by atoms with Gasteiger partial charge in [0.1, 0.15) is 0 Å². The highest BCUT2D eigenvalue weighted by Crippen LogP contribution is 2.20. The zero-order chi connectivity index (χ0) is 11.0. The number of benzene rings is 1. The van der Waals surface area contributed by atoms with E-state index in [9.17, 15) is 0 Å². The summed E-state index contributed by atoms with van der Waals surface area (Å²) in [4.78, 5) is 5.54. The van der Waals surface area contributed by atoms with Crippen LogP contribution >= 0.6 is 0 Å². The third-order valence-corrected chi connectivity index (χ3v) is 2.41. The Morgan fingerprint density at radius 3 is 2.88 bits per heavy atom. The molecule has 3 rings (SSSR count). The molecule has 0 fully saturated rings. The summed E-state index contributed by atoms with van der Waals surface area (Å²) in [6.07, 6.45) is 3.61. The lowest BCUT2D eigenvalue weighted by Crippen LogP contribution is -1.91. The second-order valence-corrected chi connectivity index (χ2v) is 3.54. The van der Waals surface area contributed by atoms with Crippen LogP contribution in [0.25, 0.3) is 22.2 Å². The van der Waals surface area contributed by atoms with Crippen LogP contribution in [0.2, 0.25) is 0 Å². The number of tetrazole rings is 1. The van der Waals surface area contributed by atoms with Crippen LogP contribution in [0.5, 0.6) is 0 Å². The highest BCUT2D eigenvalue weighted by Gasteiger charge is 2.04. The van der Waals surface area contributed by atoms with E-state index in [4.69, 9.17) is 0 Å². The Morgan fingerprint density at radius 1 is 1.12 bits per heavy atom. The van der Waals surface area contributed by atoms with Crippen molar-refractivity contribution in [2.45, 2.75) is 0 Å². The number of hydrogen-bond acceptors (Lipinski definition) is 4. The number of fused-ring (bicyclic) bond motifs is 1. The molecule has 5 heteroatoms. The molecule has 3 aromatic rings.